The van der Waals surface area contributed by atoms with Gasteiger partial charge in [-0.25, -0.2) is 8.42 Å². The summed E-state index contributed by atoms with van der Waals surface area (Å²) in [6.07, 6.45) is 0. The number of nitrogens with one attached hydrogen (secondary N) is 1. The molecule has 0 bridgehead atoms. The first-order valence-corrected chi connectivity index (χ1v) is 13.0. The molecule has 4 aromatic rings. The van der Waals surface area contributed by atoms with Crippen molar-refractivity contribution in [3.63, 3.8) is 0 Å². The molecule has 4 rings (SSSR count). The second-order valence-corrected chi connectivity index (χ2v) is 10.2. The van der Waals surface area contributed by atoms with Gasteiger partial charge in [-0.05, 0) is 65.4 Å². The molecule has 0 unspecified atom stereocenters. The Kier molecular flexibility index (Phi) is 7.97. The molecule has 7 nitrogen and oxygen atoms in total. The normalized spacial score (nSPS) is 11.2. The van der Waals surface area contributed by atoms with Gasteiger partial charge < -0.3 is 14.8 Å². The summed E-state index contributed by atoms with van der Waals surface area (Å²) in [5.74, 6) is 0.729. The van der Waals surface area contributed by atoms with Crippen LogP contribution in [0.4, 0.5) is 5.69 Å². The van der Waals surface area contributed by atoms with Crippen LogP contribution < -0.4 is 19.1 Å². The van der Waals surface area contributed by atoms with E-state index in [1.807, 2.05) is 42.5 Å². The van der Waals surface area contributed by atoms with Gasteiger partial charge in [-0.2, -0.15) is 0 Å². The highest BCUT2D eigenvalue weighted by molar-refractivity contribution is 7.92. The molecule has 0 aliphatic heterocycles. The van der Waals surface area contributed by atoms with Crippen LogP contribution in [0.25, 0.3) is 10.8 Å². The van der Waals surface area contributed by atoms with Gasteiger partial charge in [0.15, 0.2) is 0 Å². The topological polar surface area (TPSA) is 84.9 Å². The molecule has 0 aliphatic rings. The van der Waals surface area contributed by atoms with Crippen LogP contribution in [0.2, 0.25) is 5.02 Å². The molecular weight excluding hydrogens is 500 g/mol. The number of fused-ring (bicyclic) bond motifs is 1. The minimum absolute atomic E-state index is 0.0238. The first kappa shape index (κ1) is 25.3. The summed E-state index contributed by atoms with van der Waals surface area (Å²) in [6, 6.07) is 26.0. The smallest absolute Gasteiger partial charge is 0.264 e. The number of methoxy groups -OCH3 is 1. The van der Waals surface area contributed by atoms with Crippen molar-refractivity contribution in [1.82, 2.24) is 5.32 Å². The third-order valence-electron chi connectivity index (χ3n) is 5.44. The Labute approximate surface area is 215 Å². The molecule has 0 atom stereocenters. The fraction of sp³-hybridized carbons (Fsp3) is 0.148. The molecule has 0 saturated carbocycles. The Bertz CT molecular complexity index is 1460. The van der Waals surface area contributed by atoms with Crippen molar-refractivity contribution in [3.05, 3.63) is 96.0 Å². The molecular formula is C27H25ClN2O5S. The lowest BCUT2D eigenvalue weighted by atomic mass is 10.1. The van der Waals surface area contributed by atoms with E-state index < -0.39 is 22.5 Å². The number of hydrogen-bond donors (Lipinski definition) is 1. The summed E-state index contributed by atoms with van der Waals surface area (Å²) >= 11 is 6.10. The van der Waals surface area contributed by atoms with Crippen LogP contribution in [-0.2, 0) is 14.8 Å². The zero-order valence-corrected chi connectivity index (χ0v) is 21.1. The van der Waals surface area contributed by atoms with E-state index in [0.29, 0.717) is 16.5 Å². The number of benzene rings is 4. The number of anilines is 1. The predicted octanol–water partition coefficient (Wildman–Crippen LogP) is 4.89. The highest BCUT2D eigenvalue weighted by atomic mass is 35.5. The maximum Gasteiger partial charge on any atom is 0.264 e. The van der Waals surface area contributed by atoms with Crippen molar-refractivity contribution in [2.75, 3.05) is 31.1 Å². The largest absolute Gasteiger partial charge is 0.497 e. The molecule has 0 heterocycles. The first-order chi connectivity index (χ1) is 17.4. The lowest BCUT2D eigenvalue weighted by Crippen LogP contribution is -2.41. The van der Waals surface area contributed by atoms with E-state index in [0.717, 1.165) is 15.1 Å². The zero-order chi connectivity index (χ0) is 25.5. The number of amides is 1. The van der Waals surface area contributed by atoms with Gasteiger partial charge >= 0.3 is 0 Å². The molecule has 0 saturated heterocycles. The lowest BCUT2D eigenvalue weighted by Gasteiger charge is -2.24. The van der Waals surface area contributed by atoms with E-state index in [1.165, 1.54) is 25.3 Å². The Hall–Kier alpha value is -3.75. The standard InChI is InChI=1S/C27H25ClN2O5S/c1-34-24-11-13-26(14-12-24)36(32,33)30(23-8-4-7-22(28)18-23)19-27(31)29-15-16-35-25-10-9-20-5-2-3-6-21(20)17-25/h2-14,17-18H,15-16,19H2,1H3,(H,29,31). The summed E-state index contributed by atoms with van der Waals surface area (Å²) in [6.45, 7) is 0.00871. The number of carbonyl (C=O) groups is 1. The molecule has 186 valence electrons. The zero-order valence-electron chi connectivity index (χ0n) is 19.6. The van der Waals surface area contributed by atoms with E-state index in [4.69, 9.17) is 21.1 Å². The second kappa shape index (κ2) is 11.3. The lowest BCUT2D eigenvalue weighted by molar-refractivity contribution is -0.119. The van der Waals surface area contributed by atoms with E-state index in [-0.39, 0.29) is 23.7 Å². The number of carbonyl (C=O) groups excluding carboxylic acids is 1. The Morgan fingerprint density at radius 1 is 0.889 bits per heavy atom. The van der Waals surface area contributed by atoms with Crippen LogP contribution in [0.5, 0.6) is 11.5 Å². The molecule has 4 aromatic carbocycles. The third kappa shape index (κ3) is 6.08. The number of rotatable bonds is 10. The van der Waals surface area contributed by atoms with Crippen molar-refractivity contribution in [2.24, 2.45) is 0 Å². The molecule has 0 spiro atoms. The number of sulfonamides is 1. The van der Waals surface area contributed by atoms with Gasteiger partial charge in [0.25, 0.3) is 10.0 Å². The van der Waals surface area contributed by atoms with Crippen LogP contribution in [0.15, 0.2) is 95.9 Å². The van der Waals surface area contributed by atoms with E-state index in [1.54, 1.807) is 30.3 Å². The number of nitrogens with zero attached hydrogens (tertiary/aromatic N) is 1. The summed E-state index contributed by atoms with van der Waals surface area (Å²) in [4.78, 5) is 12.8. The Morgan fingerprint density at radius 2 is 1.61 bits per heavy atom. The van der Waals surface area contributed by atoms with Crippen molar-refractivity contribution in [1.29, 1.82) is 0 Å². The predicted molar refractivity (Wildman–Crippen MR) is 141 cm³/mol. The third-order valence-corrected chi connectivity index (χ3v) is 7.47. The maximum absolute atomic E-state index is 13.4. The van der Waals surface area contributed by atoms with Gasteiger partial charge in [-0.3, -0.25) is 9.10 Å². The average Bonchev–Trinajstić information content (AvgIpc) is 2.89. The number of halogens is 1. The van der Waals surface area contributed by atoms with Crippen molar-refractivity contribution in [3.8, 4) is 11.5 Å². The highest BCUT2D eigenvalue weighted by Gasteiger charge is 2.27. The van der Waals surface area contributed by atoms with E-state index in [2.05, 4.69) is 5.32 Å². The molecule has 36 heavy (non-hydrogen) atoms. The van der Waals surface area contributed by atoms with E-state index in [9.17, 15) is 13.2 Å². The van der Waals surface area contributed by atoms with E-state index >= 15 is 0 Å². The van der Waals surface area contributed by atoms with Crippen LogP contribution in [-0.4, -0.2) is 41.1 Å². The minimum Gasteiger partial charge on any atom is -0.497 e. The monoisotopic (exact) mass is 524 g/mol. The number of ether oxygens (including phenoxy) is 2. The van der Waals surface area contributed by atoms with Crippen LogP contribution in [0.1, 0.15) is 0 Å². The summed E-state index contributed by atoms with van der Waals surface area (Å²) in [7, 11) is -2.56. The quantitative estimate of drug-likeness (QED) is 0.298. The molecule has 1 N–H and O–H groups in total. The Balaban J connectivity index is 1.43. The van der Waals surface area contributed by atoms with Crippen molar-refractivity contribution < 1.29 is 22.7 Å². The van der Waals surface area contributed by atoms with Crippen LogP contribution in [0.3, 0.4) is 0 Å². The minimum atomic E-state index is -4.06. The average molecular weight is 525 g/mol. The summed E-state index contributed by atoms with van der Waals surface area (Å²) < 4.78 is 38.8. The molecule has 1 amide bonds. The molecule has 0 aromatic heterocycles. The summed E-state index contributed by atoms with van der Waals surface area (Å²) in [5.41, 5.74) is 0.279. The van der Waals surface area contributed by atoms with Gasteiger partial charge in [0, 0.05) is 5.02 Å². The fourth-order valence-corrected chi connectivity index (χ4v) is 5.22. The van der Waals surface area contributed by atoms with Gasteiger partial charge in [0.2, 0.25) is 5.91 Å². The summed E-state index contributed by atoms with van der Waals surface area (Å²) in [5, 5.41) is 5.24. The SMILES string of the molecule is COc1ccc(S(=O)(=O)N(CC(=O)NCCOc2ccc3ccccc3c2)c2cccc(Cl)c2)cc1. The molecule has 0 radical (unpaired) electrons. The second-order valence-electron chi connectivity index (χ2n) is 7.87. The van der Waals surface area contributed by atoms with Crippen molar-refractivity contribution >= 4 is 44.0 Å². The fourth-order valence-electron chi connectivity index (χ4n) is 3.62. The van der Waals surface area contributed by atoms with Crippen molar-refractivity contribution in [2.45, 2.75) is 4.90 Å². The highest BCUT2D eigenvalue weighted by Crippen LogP contribution is 2.27. The van der Waals surface area contributed by atoms with Gasteiger partial charge in [0.1, 0.15) is 24.7 Å². The Morgan fingerprint density at radius 3 is 2.33 bits per heavy atom. The first-order valence-electron chi connectivity index (χ1n) is 11.2. The molecule has 0 fully saturated rings. The van der Waals surface area contributed by atoms with Gasteiger partial charge in [-0.15, -0.1) is 0 Å². The molecule has 0 aliphatic carbocycles. The maximum atomic E-state index is 13.4. The van der Waals surface area contributed by atoms with Crippen LogP contribution in [0, 0.1) is 0 Å². The van der Waals surface area contributed by atoms with Crippen LogP contribution >= 0.6 is 11.6 Å². The van der Waals surface area contributed by atoms with Gasteiger partial charge in [-0.1, -0.05) is 48.0 Å². The molecule has 9 heteroatoms. The number of hydrogen-bond acceptors (Lipinski definition) is 5. The van der Waals surface area contributed by atoms with Gasteiger partial charge in [0.05, 0.1) is 24.2 Å².